The molecular formula is C24H42N2OSi. The molecule has 2 aliphatic rings. The van der Waals surface area contributed by atoms with Gasteiger partial charge in [0.25, 0.3) is 0 Å². The molecule has 0 radical (unpaired) electrons. The maximum absolute atomic E-state index is 6.82. The number of hydrogen-bond acceptors (Lipinski definition) is 2. The van der Waals surface area contributed by atoms with Gasteiger partial charge in [0, 0.05) is 30.2 Å². The Kier molecular flexibility index (Phi) is 6.91. The van der Waals surface area contributed by atoms with Gasteiger partial charge in [0.05, 0.1) is 6.20 Å². The van der Waals surface area contributed by atoms with Crippen molar-refractivity contribution >= 4 is 8.32 Å². The third-order valence-electron chi connectivity index (χ3n) is 7.71. The van der Waals surface area contributed by atoms with Gasteiger partial charge in [-0.2, -0.15) is 5.10 Å². The van der Waals surface area contributed by atoms with E-state index < -0.39 is 8.32 Å². The Morgan fingerprint density at radius 3 is 2.46 bits per heavy atom. The minimum atomic E-state index is -1.73. The lowest BCUT2D eigenvalue weighted by molar-refractivity contribution is 0.258. The molecule has 0 spiro atoms. The molecule has 158 valence electrons. The molecule has 3 rings (SSSR count). The lowest BCUT2D eigenvalue weighted by atomic mass is 9.69. The van der Waals surface area contributed by atoms with Crippen molar-refractivity contribution in [3.63, 3.8) is 0 Å². The summed E-state index contributed by atoms with van der Waals surface area (Å²) in [5.41, 5.74) is 8.28. The number of rotatable bonds is 8. The molecule has 0 aromatic carbocycles. The highest BCUT2D eigenvalue weighted by Gasteiger charge is 2.44. The van der Waals surface area contributed by atoms with Gasteiger partial charge in [-0.25, -0.2) is 0 Å². The van der Waals surface area contributed by atoms with Gasteiger partial charge in [-0.3, -0.25) is 5.10 Å². The third-order valence-corrected chi connectivity index (χ3v) is 13.8. The van der Waals surface area contributed by atoms with Crippen LogP contribution >= 0.6 is 0 Å². The SMILES string of the molecule is CC1C2=C(CCCC2CCCO[Si](C(C)C)(C(C)C)C(C)C)Cc2[nH]ncc21. The fourth-order valence-electron chi connectivity index (χ4n) is 6.60. The fraction of sp³-hybridized carbons (Fsp3) is 0.792. The summed E-state index contributed by atoms with van der Waals surface area (Å²) in [6.45, 7) is 17.7. The minimum absolute atomic E-state index is 0.541. The van der Waals surface area contributed by atoms with Crippen molar-refractivity contribution in [1.29, 1.82) is 0 Å². The van der Waals surface area contributed by atoms with Crippen molar-refractivity contribution in [2.24, 2.45) is 5.92 Å². The molecule has 1 N–H and O–H groups in total. The first kappa shape index (κ1) is 21.8. The van der Waals surface area contributed by atoms with Gasteiger partial charge in [-0.1, -0.05) is 59.6 Å². The number of fused-ring (bicyclic) bond motifs is 1. The molecule has 0 amide bonds. The number of H-pyrrole nitrogens is 1. The molecule has 1 heterocycles. The summed E-state index contributed by atoms with van der Waals surface area (Å²) in [4.78, 5) is 0. The number of nitrogens with one attached hydrogen (secondary N) is 1. The first-order valence-corrected chi connectivity index (χ1v) is 13.8. The summed E-state index contributed by atoms with van der Waals surface area (Å²) >= 11 is 0. The van der Waals surface area contributed by atoms with E-state index in [1.165, 1.54) is 43.4 Å². The number of aromatic amines is 1. The highest BCUT2D eigenvalue weighted by molar-refractivity contribution is 6.77. The van der Waals surface area contributed by atoms with Gasteiger partial charge in [-0.05, 0) is 54.6 Å². The largest absolute Gasteiger partial charge is 0.416 e. The van der Waals surface area contributed by atoms with Crippen molar-refractivity contribution in [1.82, 2.24) is 10.2 Å². The van der Waals surface area contributed by atoms with Crippen LogP contribution < -0.4 is 0 Å². The summed E-state index contributed by atoms with van der Waals surface area (Å²) in [5, 5.41) is 7.56. The zero-order valence-corrected chi connectivity index (χ0v) is 20.3. The van der Waals surface area contributed by atoms with Gasteiger partial charge < -0.3 is 4.43 Å². The Morgan fingerprint density at radius 1 is 1.14 bits per heavy atom. The van der Waals surface area contributed by atoms with Crippen LogP contribution in [0, 0.1) is 5.92 Å². The molecular weight excluding hydrogens is 360 g/mol. The van der Waals surface area contributed by atoms with Crippen molar-refractivity contribution < 1.29 is 4.43 Å². The van der Waals surface area contributed by atoms with Crippen molar-refractivity contribution in [3.8, 4) is 0 Å². The second-order valence-electron chi connectivity index (χ2n) is 10.2. The molecule has 1 aromatic heterocycles. The smallest absolute Gasteiger partial charge is 0.200 e. The molecule has 1 aromatic rings. The van der Waals surface area contributed by atoms with Crippen molar-refractivity contribution in [2.45, 2.75) is 110 Å². The van der Waals surface area contributed by atoms with Gasteiger partial charge in [0.1, 0.15) is 0 Å². The van der Waals surface area contributed by atoms with Crippen molar-refractivity contribution in [2.75, 3.05) is 6.61 Å². The molecule has 0 saturated heterocycles. The summed E-state index contributed by atoms with van der Waals surface area (Å²) in [6, 6.07) is 0. The van der Waals surface area contributed by atoms with Crippen LogP contribution in [-0.2, 0) is 10.8 Å². The molecule has 3 nitrogen and oxygen atoms in total. The molecule has 0 fully saturated rings. The molecule has 2 atom stereocenters. The number of allylic oxidation sites excluding steroid dienone is 2. The number of aromatic nitrogens is 2. The van der Waals surface area contributed by atoms with Crippen LogP contribution in [0.4, 0.5) is 0 Å². The van der Waals surface area contributed by atoms with Gasteiger partial charge in [-0.15, -0.1) is 0 Å². The van der Waals surface area contributed by atoms with Gasteiger partial charge in [0.15, 0.2) is 8.32 Å². The van der Waals surface area contributed by atoms with Gasteiger partial charge >= 0.3 is 0 Å². The second kappa shape index (κ2) is 8.87. The Hall–Kier alpha value is -0.873. The summed E-state index contributed by atoms with van der Waals surface area (Å²) in [7, 11) is -1.73. The molecule has 4 heteroatoms. The van der Waals surface area contributed by atoms with E-state index in [2.05, 4.69) is 64.9 Å². The van der Waals surface area contributed by atoms with Crippen molar-refractivity contribution in [3.05, 3.63) is 28.6 Å². The average molecular weight is 403 g/mol. The normalized spacial score (nSPS) is 22.9. The summed E-state index contributed by atoms with van der Waals surface area (Å²) < 4.78 is 6.82. The summed E-state index contributed by atoms with van der Waals surface area (Å²) in [6.07, 6.45) is 9.65. The zero-order valence-electron chi connectivity index (χ0n) is 19.3. The molecule has 2 unspecified atom stereocenters. The van der Waals surface area contributed by atoms with Crippen LogP contribution in [0.2, 0.25) is 16.6 Å². The average Bonchev–Trinajstić information content (AvgIpc) is 3.09. The van der Waals surface area contributed by atoms with Crippen LogP contribution in [0.25, 0.3) is 0 Å². The van der Waals surface area contributed by atoms with E-state index in [-0.39, 0.29) is 0 Å². The van der Waals surface area contributed by atoms with E-state index in [0.717, 1.165) is 18.9 Å². The topological polar surface area (TPSA) is 37.9 Å². The Morgan fingerprint density at radius 2 is 1.82 bits per heavy atom. The Bertz CT molecular complexity index is 667. The molecule has 28 heavy (non-hydrogen) atoms. The van der Waals surface area contributed by atoms with Crippen LogP contribution in [0.15, 0.2) is 17.3 Å². The fourth-order valence-corrected chi connectivity index (χ4v) is 12.1. The quantitative estimate of drug-likeness (QED) is 0.285. The summed E-state index contributed by atoms with van der Waals surface area (Å²) in [5.74, 6) is 1.29. The molecule has 0 bridgehead atoms. The van der Waals surface area contributed by atoms with E-state index >= 15 is 0 Å². The predicted molar refractivity (Wildman–Crippen MR) is 121 cm³/mol. The Balaban J connectivity index is 1.63. The highest BCUT2D eigenvalue weighted by Crippen LogP contribution is 2.46. The van der Waals surface area contributed by atoms with Crippen LogP contribution in [0.1, 0.15) is 97.7 Å². The van der Waals surface area contributed by atoms with E-state index in [1.807, 2.05) is 0 Å². The Labute approximate surface area is 173 Å². The predicted octanol–water partition coefficient (Wildman–Crippen LogP) is 7.14. The number of nitrogens with zero attached hydrogens (tertiary/aromatic N) is 1. The van der Waals surface area contributed by atoms with Gasteiger partial charge in [0.2, 0.25) is 0 Å². The maximum Gasteiger partial charge on any atom is 0.200 e. The molecule has 0 saturated carbocycles. The lowest BCUT2D eigenvalue weighted by Gasteiger charge is -2.42. The van der Waals surface area contributed by atoms with E-state index in [9.17, 15) is 0 Å². The van der Waals surface area contributed by atoms with Crippen LogP contribution in [0.3, 0.4) is 0 Å². The monoisotopic (exact) mass is 402 g/mol. The third kappa shape index (κ3) is 3.91. The van der Waals surface area contributed by atoms with E-state index in [0.29, 0.717) is 22.5 Å². The van der Waals surface area contributed by atoms with Crippen LogP contribution in [-0.4, -0.2) is 25.1 Å². The highest BCUT2D eigenvalue weighted by atomic mass is 28.4. The first-order valence-electron chi connectivity index (χ1n) is 11.7. The standard InChI is InChI=1S/C24H42N2OSi/c1-16(2)28(17(3)4,18(5)6)27-13-9-12-20-10-8-11-21-14-23-22(15-25-26-23)19(7)24(20)21/h15-20H,8-14H2,1-7H3,(H,25,26). The van der Waals surface area contributed by atoms with Crippen LogP contribution in [0.5, 0.6) is 0 Å². The van der Waals surface area contributed by atoms with E-state index in [4.69, 9.17) is 4.43 Å². The second-order valence-corrected chi connectivity index (χ2v) is 15.6. The minimum Gasteiger partial charge on any atom is -0.416 e. The van der Waals surface area contributed by atoms with E-state index in [1.54, 1.807) is 11.1 Å². The molecule has 2 aliphatic carbocycles. The maximum atomic E-state index is 6.82. The first-order chi connectivity index (χ1) is 13.3. The zero-order chi connectivity index (χ0) is 20.5. The number of hydrogen-bond donors (Lipinski definition) is 1. The molecule has 0 aliphatic heterocycles. The lowest BCUT2D eigenvalue weighted by Crippen LogP contribution is -2.48.